The molecule has 0 aliphatic carbocycles. The molecule has 0 spiro atoms. The van der Waals surface area contributed by atoms with E-state index >= 15 is 0 Å². The lowest BCUT2D eigenvalue weighted by atomic mass is 10.2. The monoisotopic (exact) mass is 343 g/mol. The number of pyridine rings is 1. The van der Waals surface area contributed by atoms with Gasteiger partial charge in [-0.2, -0.15) is 0 Å². The summed E-state index contributed by atoms with van der Waals surface area (Å²) in [6, 6.07) is 13.0. The number of amides is 1. The van der Waals surface area contributed by atoms with Crippen molar-refractivity contribution < 1.29 is 4.79 Å². The first-order valence-corrected chi connectivity index (χ1v) is 8.22. The van der Waals surface area contributed by atoms with Crippen LogP contribution in [0.2, 0.25) is 5.02 Å². The topological polar surface area (TPSA) is 54.0 Å². The van der Waals surface area contributed by atoms with E-state index in [1.165, 1.54) is 11.3 Å². The minimum absolute atomic E-state index is 0.132. The summed E-state index contributed by atoms with van der Waals surface area (Å²) in [5, 5.41) is 8.56. The lowest BCUT2D eigenvalue weighted by Crippen LogP contribution is -2.10. The van der Waals surface area contributed by atoms with E-state index in [1.807, 2.05) is 36.6 Å². The maximum atomic E-state index is 12.0. The zero-order valence-corrected chi connectivity index (χ0v) is 13.9. The van der Waals surface area contributed by atoms with Gasteiger partial charge in [-0.25, -0.2) is 4.98 Å². The Labute approximate surface area is 143 Å². The normalized spacial score (nSPS) is 10.3. The van der Waals surface area contributed by atoms with Crippen LogP contribution in [0.3, 0.4) is 0 Å². The minimum atomic E-state index is -0.132. The average Bonchev–Trinajstić information content (AvgIpc) is 3.07. The third kappa shape index (κ3) is 3.88. The second-order valence-corrected chi connectivity index (χ2v) is 6.31. The van der Waals surface area contributed by atoms with Crippen molar-refractivity contribution in [2.75, 3.05) is 10.6 Å². The summed E-state index contributed by atoms with van der Waals surface area (Å²) in [6.07, 6.45) is 1.61. The lowest BCUT2D eigenvalue weighted by Gasteiger charge is -2.08. The van der Waals surface area contributed by atoms with Gasteiger partial charge in [-0.3, -0.25) is 4.79 Å². The van der Waals surface area contributed by atoms with E-state index in [1.54, 1.807) is 24.4 Å². The molecule has 0 radical (unpaired) electrons. The third-order valence-electron chi connectivity index (χ3n) is 3.21. The number of hydrogen-bond donors (Lipinski definition) is 2. The number of anilines is 3. The quantitative estimate of drug-likeness (QED) is 0.692. The Morgan fingerprint density at radius 3 is 2.65 bits per heavy atom. The smallest absolute Gasteiger partial charge is 0.265 e. The van der Waals surface area contributed by atoms with E-state index in [0.717, 1.165) is 11.3 Å². The molecule has 0 bridgehead atoms. The molecule has 3 rings (SSSR count). The highest BCUT2D eigenvalue weighted by Gasteiger charge is 2.07. The van der Waals surface area contributed by atoms with Crippen LogP contribution >= 0.6 is 22.9 Å². The predicted octanol–water partition coefficient (Wildman–Crippen LogP) is 5.10. The number of carbonyl (C=O) groups excluding carboxylic acids is 1. The Balaban J connectivity index is 1.67. The van der Waals surface area contributed by atoms with Crippen molar-refractivity contribution in [3.63, 3.8) is 0 Å². The van der Waals surface area contributed by atoms with Crippen molar-refractivity contribution in [3.8, 4) is 0 Å². The molecule has 23 heavy (non-hydrogen) atoms. The second-order valence-electron chi connectivity index (χ2n) is 4.95. The SMILES string of the molecule is Cc1ccc(Nc2ccc(NC(=O)c3cccs3)cn2)cc1Cl. The van der Waals surface area contributed by atoms with Gasteiger partial charge in [-0.15, -0.1) is 11.3 Å². The first-order valence-electron chi connectivity index (χ1n) is 6.96. The highest BCUT2D eigenvalue weighted by atomic mass is 35.5. The summed E-state index contributed by atoms with van der Waals surface area (Å²) in [5.74, 6) is 0.548. The second kappa shape index (κ2) is 6.81. The van der Waals surface area contributed by atoms with Gasteiger partial charge in [-0.05, 0) is 48.2 Å². The average molecular weight is 344 g/mol. The number of rotatable bonds is 4. The van der Waals surface area contributed by atoms with Crippen molar-refractivity contribution in [1.82, 2.24) is 4.98 Å². The third-order valence-corrected chi connectivity index (χ3v) is 4.49. The molecule has 3 aromatic rings. The van der Waals surface area contributed by atoms with Crippen LogP contribution in [-0.4, -0.2) is 10.9 Å². The molecule has 0 aliphatic rings. The van der Waals surface area contributed by atoms with E-state index in [-0.39, 0.29) is 5.91 Å². The number of aromatic nitrogens is 1. The molecule has 0 saturated heterocycles. The Bertz CT molecular complexity index is 816. The molecule has 1 aromatic carbocycles. The van der Waals surface area contributed by atoms with E-state index < -0.39 is 0 Å². The number of thiophene rings is 1. The fraction of sp³-hybridized carbons (Fsp3) is 0.0588. The van der Waals surface area contributed by atoms with E-state index in [4.69, 9.17) is 11.6 Å². The van der Waals surface area contributed by atoms with Crippen LogP contribution in [0.4, 0.5) is 17.2 Å². The largest absolute Gasteiger partial charge is 0.340 e. The number of nitrogens with zero attached hydrogens (tertiary/aromatic N) is 1. The molecule has 2 heterocycles. The molecule has 2 N–H and O–H groups in total. The van der Waals surface area contributed by atoms with Gasteiger partial charge in [0, 0.05) is 10.7 Å². The van der Waals surface area contributed by atoms with E-state index in [2.05, 4.69) is 15.6 Å². The summed E-state index contributed by atoms with van der Waals surface area (Å²) < 4.78 is 0. The molecule has 0 unspecified atom stereocenters. The molecular formula is C17H14ClN3OS. The lowest BCUT2D eigenvalue weighted by molar-refractivity contribution is 0.103. The maximum absolute atomic E-state index is 12.0. The number of aryl methyl sites for hydroxylation is 1. The minimum Gasteiger partial charge on any atom is -0.340 e. The van der Waals surface area contributed by atoms with Crippen LogP contribution in [0, 0.1) is 6.92 Å². The first kappa shape index (κ1) is 15.5. The first-order chi connectivity index (χ1) is 11.1. The van der Waals surface area contributed by atoms with Crippen LogP contribution in [0.1, 0.15) is 15.2 Å². The van der Waals surface area contributed by atoms with Crippen LogP contribution in [-0.2, 0) is 0 Å². The highest BCUT2D eigenvalue weighted by Crippen LogP contribution is 2.23. The van der Waals surface area contributed by atoms with Gasteiger partial charge in [0.05, 0.1) is 16.8 Å². The van der Waals surface area contributed by atoms with Crippen molar-refractivity contribution in [1.29, 1.82) is 0 Å². The number of nitrogens with one attached hydrogen (secondary N) is 2. The summed E-state index contributed by atoms with van der Waals surface area (Å²) in [6.45, 7) is 1.95. The Morgan fingerprint density at radius 2 is 2.00 bits per heavy atom. The van der Waals surface area contributed by atoms with E-state index in [9.17, 15) is 4.79 Å². The van der Waals surface area contributed by atoms with Gasteiger partial charge in [0.15, 0.2) is 0 Å². The zero-order valence-electron chi connectivity index (χ0n) is 12.3. The molecule has 0 aliphatic heterocycles. The maximum Gasteiger partial charge on any atom is 0.265 e. The Kier molecular flexibility index (Phi) is 4.60. The van der Waals surface area contributed by atoms with Crippen molar-refractivity contribution in [2.24, 2.45) is 0 Å². The molecule has 6 heteroatoms. The molecule has 0 atom stereocenters. The zero-order chi connectivity index (χ0) is 16.2. The number of carbonyl (C=O) groups is 1. The van der Waals surface area contributed by atoms with Crippen LogP contribution in [0.15, 0.2) is 54.0 Å². The van der Waals surface area contributed by atoms with Crippen LogP contribution in [0.25, 0.3) is 0 Å². The highest BCUT2D eigenvalue weighted by molar-refractivity contribution is 7.12. The van der Waals surface area contributed by atoms with Gasteiger partial charge in [0.25, 0.3) is 5.91 Å². The van der Waals surface area contributed by atoms with Crippen LogP contribution in [0.5, 0.6) is 0 Å². The van der Waals surface area contributed by atoms with E-state index in [0.29, 0.717) is 21.4 Å². The fourth-order valence-electron chi connectivity index (χ4n) is 1.96. The van der Waals surface area contributed by atoms with Crippen molar-refractivity contribution >= 4 is 46.0 Å². The molecule has 116 valence electrons. The number of halogens is 1. The number of hydrogen-bond acceptors (Lipinski definition) is 4. The molecular weight excluding hydrogens is 330 g/mol. The molecule has 0 fully saturated rings. The summed E-state index contributed by atoms with van der Waals surface area (Å²) >= 11 is 7.50. The van der Waals surface area contributed by atoms with Crippen molar-refractivity contribution in [2.45, 2.75) is 6.92 Å². The van der Waals surface area contributed by atoms with Crippen molar-refractivity contribution in [3.05, 3.63) is 69.5 Å². The Hall–Kier alpha value is -2.37. The summed E-state index contributed by atoms with van der Waals surface area (Å²) in [4.78, 5) is 16.9. The molecule has 4 nitrogen and oxygen atoms in total. The molecule has 0 saturated carbocycles. The van der Waals surface area contributed by atoms with Gasteiger partial charge < -0.3 is 10.6 Å². The molecule has 1 amide bonds. The summed E-state index contributed by atoms with van der Waals surface area (Å²) in [7, 11) is 0. The number of benzene rings is 1. The standard InChI is InChI=1S/C17H14ClN3OS/c1-11-4-5-12(9-14(11)18)20-16-7-6-13(10-19-16)21-17(22)15-3-2-8-23-15/h2-10H,1H3,(H,19,20)(H,21,22). The Morgan fingerprint density at radius 1 is 1.17 bits per heavy atom. The predicted molar refractivity (Wildman–Crippen MR) is 96.0 cm³/mol. The van der Waals surface area contributed by atoms with Gasteiger partial charge in [0.1, 0.15) is 5.82 Å². The van der Waals surface area contributed by atoms with Gasteiger partial charge >= 0.3 is 0 Å². The summed E-state index contributed by atoms with van der Waals surface area (Å²) in [5.41, 5.74) is 2.54. The van der Waals surface area contributed by atoms with Gasteiger partial charge in [-0.1, -0.05) is 23.7 Å². The van der Waals surface area contributed by atoms with Gasteiger partial charge in [0.2, 0.25) is 0 Å². The fourth-order valence-corrected chi connectivity index (χ4v) is 2.76. The molecule has 2 aromatic heterocycles. The van der Waals surface area contributed by atoms with Crippen LogP contribution < -0.4 is 10.6 Å².